The number of para-hydroxylation sites is 1. The smallest absolute Gasteiger partial charge is 0.139 e. The Kier molecular flexibility index (Phi) is 2.14. The van der Waals surface area contributed by atoms with E-state index in [0.717, 1.165) is 17.7 Å². The molecule has 0 aliphatic carbocycles. The first kappa shape index (κ1) is 9.97. The molecule has 0 aromatic heterocycles. The van der Waals surface area contributed by atoms with Gasteiger partial charge >= 0.3 is 0 Å². The molecule has 2 rings (SSSR count). The van der Waals surface area contributed by atoms with Gasteiger partial charge in [0, 0.05) is 16.8 Å². The van der Waals surface area contributed by atoms with E-state index in [2.05, 4.69) is 26.5 Å². The maximum absolute atomic E-state index is 10.6. The van der Waals surface area contributed by atoms with Gasteiger partial charge in [0.2, 0.25) is 0 Å². The molecule has 0 unspecified atom stereocenters. The Labute approximate surface area is 90.2 Å². The van der Waals surface area contributed by atoms with E-state index in [-0.39, 0.29) is 5.41 Å². The molecule has 0 fully saturated rings. The van der Waals surface area contributed by atoms with Gasteiger partial charge in [-0.15, -0.1) is 0 Å². The highest BCUT2D eigenvalue weighted by Crippen LogP contribution is 2.46. The fraction of sp³-hybridized carbons (Fsp3) is 0.308. The Balaban J connectivity index is 2.56. The van der Waals surface area contributed by atoms with Gasteiger partial charge in [0.15, 0.2) is 0 Å². The Bertz CT molecular complexity index is 420. The second-order valence-electron chi connectivity index (χ2n) is 4.37. The quantitative estimate of drug-likeness (QED) is 0.685. The van der Waals surface area contributed by atoms with Crippen molar-refractivity contribution in [3.63, 3.8) is 0 Å². The minimum absolute atomic E-state index is 0.0698. The van der Waals surface area contributed by atoms with Crippen molar-refractivity contribution in [3.05, 3.63) is 42.1 Å². The van der Waals surface area contributed by atoms with Crippen LogP contribution < -0.4 is 4.90 Å². The fourth-order valence-electron chi connectivity index (χ4n) is 2.16. The summed E-state index contributed by atoms with van der Waals surface area (Å²) in [5.41, 5.74) is 3.28. The molecule has 78 valence electrons. The Morgan fingerprint density at radius 1 is 1.40 bits per heavy atom. The number of anilines is 1. The maximum atomic E-state index is 10.6. The van der Waals surface area contributed by atoms with Gasteiger partial charge in [-0.25, -0.2) is 0 Å². The largest absolute Gasteiger partial charge is 0.337 e. The van der Waals surface area contributed by atoms with Crippen LogP contribution in [0.2, 0.25) is 0 Å². The van der Waals surface area contributed by atoms with Crippen LogP contribution >= 0.6 is 0 Å². The zero-order chi connectivity index (χ0) is 11.1. The molecule has 1 heterocycles. The van der Waals surface area contributed by atoms with E-state index in [0.29, 0.717) is 6.54 Å². The van der Waals surface area contributed by atoms with Crippen LogP contribution in [0.15, 0.2) is 36.5 Å². The highest BCUT2D eigenvalue weighted by Gasteiger charge is 2.38. The molecule has 0 radical (unpaired) electrons. The van der Waals surface area contributed by atoms with E-state index in [1.165, 1.54) is 5.56 Å². The van der Waals surface area contributed by atoms with Crippen molar-refractivity contribution in [1.82, 2.24) is 0 Å². The van der Waals surface area contributed by atoms with Crippen molar-refractivity contribution in [1.29, 1.82) is 0 Å². The first-order valence-electron chi connectivity index (χ1n) is 5.09. The van der Waals surface area contributed by atoms with Crippen molar-refractivity contribution in [2.75, 3.05) is 11.4 Å². The number of hydrogen-bond donors (Lipinski definition) is 0. The molecule has 0 atom stereocenters. The molecule has 0 saturated carbocycles. The van der Waals surface area contributed by atoms with Crippen LogP contribution in [0.3, 0.4) is 0 Å². The molecule has 2 heteroatoms. The van der Waals surface area contributed by atoms with Crippen LogP contribution in [-0.4, -0.2) is 12.8 Å². The average molecular weight is 201 g/mol. The summed E-state index contributed by atoms with van der Waals surface area (Å²) in [6, 6.07) is 8.16. The molecule has 1 aliphatic heterocycles. The lowest BCUT2D eigenvalue weighted by Gasteiger charge is -2.23. The molecule has 0 amide bonds. The Morgan fingerprint density at radius 2 is 2.07 bits per heavy atom. The zero-order valence-corrected chi connectivity index (χ0v) is 9.16. The minimum Gasteiger partial charge on any atom is -0.337 e. The second kappa shape index (κ2) is 3.23. The Hall–Kier alpha value is -1.57. The number of fused-ring (bicyclic) bond motifs is 1. The standard InChI is InChI=1S/C13H15NO/c1-10-13(2,3)11-6-4-5-7-12(11)14(10)8-9-15/h4-7,9H,1,8H2,2-3H3. The molecule has 15 heavy (non-hydrogen) atoms. The van der Waals surface area contributed by atoms with Gasteiger partial charge in [-0.05, 0) is 11.6 Å². The first-order valence-corrected chi connectivity index (χ1v) is 5.09. The summed E-state index contributed by atoms with van der Waals surface area (Å²) in [5, 5.41) is 0. The lowest BCUT2D eigenvalue weighted by molar-refractivity contribution is -0.106. The predicted octanol–water partition coefficient (Wildman–Crippen LogP) is 2.50. The van der Waals surface area contributed by atoms with Crippen LogP contribution in [0.5, 0.6) is 0 Å². The number of rotatable bonds is 2. The number of carbonyl (C=O) groups excluding carboxylic acids is 1. The number of nitrogens with zero attached hydrogens (tertiary/aromatic N) is 1. The van der Waals surface area contributed by atoms with E-state index >= 15 is 0 Å². The fourth-order valence-corrected chi connectivity index (χ4v) is 2.16. The molecule has 2 nitrogen and oxygen atoms in total. The van der Waals surface area contributed by atoms with E-state index in [4.69, 9.17) is 0 Å². The summed E-state index contributed by atoms with van der Waals surface area (Å²) < 4.78 is 0. The van der Waals surface area contributed by atoms with Crippen LogP contribution in [0.25, 0.3) is 0 Å². The summed E-state index contributed by atoms with van der Waals surface area (Å²) in [6.07, 6.45) is 0.920. The summed E-state index contributed by atoms with van der Waals surface area (Å²) in [4.78, 5) is 12.6. The van der Waals surface area contributed by atoms with Gasteiger partial charge in [0.25, 0.3) is 0 Å². The SMILES string of the molecule is C=C1N(CC=O)c2ccccc2C1(C)C. The third-order valence-electron chi connectivity index (χ3n) is 3.17. The molecule has 1 aromatic carbocycles. The molecular formula is C13H15NO. The first-order chi connectivity index (χ1) is 7.09. The van der Waals surface area contributed by atoms with Crippen LogP contribution in [-0.2, 0) is 10.2 Å². The molecular weight excluding hydrogens is 186 g/mol. The Morgan fingerprint density at radius 3 is 2.73 bits per heavy atom. The molecule has 1 aliphatic rings. The van der Waals surface area contributed by atoms with E-state index in [1.807, 2.05) is 23.1 Å². The minimum atomic E-state index is -0.0698. The average Bonchev–Trinajstić information content (AvgIpc) is 2.42. The number of allylic oxidation sites excluding steroid dienone is 1. The molecule has 0 saturated heterocycles. The third-order valence-corrected chi connectivity index (χ3v) is 3.17. The maximum Gasteiger partial charge on any atom is 0.139 e. The van der Waals surface area contributed by atoms with Gasteiger partial charge in [-0.3, -0.25) is 0 Å². The lowest BCUT2D eigenvalue weighted by Crippen LogP contribution is -2.26. The number of carbonyl (C=O) groups is 1. The van der Waals surface area contributed by atoms with Gasteiger partial charge in [-0.1, -0.05) is 38.6 Å². The van der Waals surface area contributed by atoms with E-state index in [9.17, 15) is 4.79 Å². The van der Waals surface area contributed by atoms with Gasteiger partial charge in [0.1, 0.15) is 6.29 Å². The zero-order valence-electron chi connectivity index (χ0n) is 9.16. The van der Waals surface area contributed by atoms with Crippen LogP contribution in [0.1, 0.15) is 19.4 Å². The van der Waals surface area contributed by atoms with Gasteiger partial charge < -0.3 is 9.69 Å². The monoisotopic (exact) mass is 201 g/mol. The molecule has 0 bridgehead atoms. The highest BCUT2D eigenvalue weighted by atomic mass is 16.1. The van der Waals surface area contributed by atoms with Crippen molar-refractivity contribution in [3.8, 4) is 0 Å². The van der Waals surface area contributed by atoms with Crippen molar-refractivity contribution < 1.29 is 4.79 Å². The lowest BCUT2D eigenvalue weighted by atomic mass is 9.85. The summed E-state index contributed by atoms with van der Waals surface area (Å²) in [6.45, 7) is 8.75. The summed E-state index contributed by atoms with van der Waals surface area (Å²) in [5.74, 6) is 0. The third kappa shape index (κ3) is 1.29. The molecule has 0 N–H and O–H groups in total. The molecule has 0 spiro atoms. The van der Waals surface area contributed by atoms with Gasteiger partial charge in [-0.2, -0.15) is 0 Å². The topological polar surface area (TPSA) is 20.3 Å². The summed E-state index contributed by atoms with van der Waals surface area (Å²) in [7, 11) is 0. The van der Waals surface area contributed by atoms with Crippen molar-refractivity contribution in [2.45, 2.75) is 19.3 Å². The van der Waals surface area contributed by atoms with Gasteiger partial charge in [0.05, 0.1) is 6.54 Å². The van der Waals surface area contributed by atoms with E-state index < -0.39 is 0 Å². The highest BCUT2D eigenvalue weighted by molar-refractivity contribution is 5.74. The number of aldehydes is 1. The summed E-state index contributed by atoms with van der Waals surface area (Å²) >= 11 is 0. The second-order valence-corrected chi connectivity index (χ2v) is 4.37. The molecule has 1 aromatic rings. The van der Waals surface area contributed by atoms with Crippen LogP contribution in [0.4, 0.5) is 5.69 Å². The predicted molar refractivity (Wildman–Crippen MR) is 62.0 cm³/mol. The number of benzene rings is 1. The normalized spacial score (nSPS) is 17.7. The van der Waals surface area contributed by atoms with Crippen molar-refractivity contribution in [2.24, 2.45) is 0 Å². The number of hydrogen-bond acceptors (Lipinski definition) is 2. The van der Waals surface area contributed by atoms with Crippen molar-refractivity contribution >= 4 is 12.0 Å². The van der Waals surface area contributed by atoms with E-state index in [1.54, 1.807) is 0 Å². The van der Waals surface area contributed by atoms with Crippen LogP contribution in [0, 0.1) is 0 Å².